The third-order valence-electron chi connectivity index (χ3n) is 4.54. The lowest BCUT2D eigenvalue weighted by Crippen LogP contribution is -2.13. The standard InChI is InChI=1S/C21H17N5O3/c1-2-25-20-18(13-22-25)17(12-19(24-20)14-7-4-3-5-8-14)21(27)23-15-9-6-10-16(11-15)26(28)29/h3-13H,2H2,1H3,(H,23,27). The van der Waals surface area contributed by atoms with Gasteiger partial charge in [0.2, 0.25) is 0 Å². The number of anilines is 1. The van der Waals surface area contributed by atoms with Gasteiger partial charge >= 0.3 is 0 Å². The van der Waals surface area contributed by atoms with Crippen LogP contribution in [0.25, 0.3) is 22.3 Å². The smallest absolute Gasteiger partial charge is 0.271 e. The number of aromatic nitrogens is 3. The van der Waals surface area contributed by atoms with Gasteiger partial charge in [-0.25, -0.2) is 9.67 Å². The van der Waals surface area contributed by atoms with E-state index in [0.717, 1.165) is 5.56 Å². The Kier molecular flexibility index (Phi) is 4.74. The van der Waals surface area contributed by atoms with Crippen LogP contribution in [0.5, 0.6) is 0 Å². The normalized spacial score (nSPS) is 10.8. The zero-order valence-electron chi connectivity index (χ0n) is 15.6. The number of carbonyl (C=O) groups excluding carboxylic acids is 1. The fourth-order valence-electron chi connectivity index (χ4n) is 3.12. The minimum Gasteiger partial charge on any atom is -0.322 e. The van der Waals surface area contributed by atoms with E-state index in [1.807, 2.05) is 37.3 Å². The second kappa shape index (κ2) is 7.51. The van der Waals surface area contributed by atoms with Gasteiger partial charge in [0.25, 0.3) is 11.6 Å². The molecule has 0 atom stereocenters. The second-order valence-corrected chi connectivity index (χ2v) is 6.38. The Balaban J connectivity index is 1.79. The van der Waals surface area contributed by atoms with Crippen LogP contribution in [0.3, 0.4) is 0 Å². The summed E-state index contributed by atoms with van der Waals surface area (Å²) in [5.74, 6) is -0.384. The summed E-state index contributed by atoms with van der Waals surface area (Å²) in [4.78, 5) is 28.2. The fraction of sp³-hybridized carbons (Fsp3) is 0.0952. The molecule has 29 heavy (non-hydrogen) atoms. The maximum atomic E-state index is 13.0. The number of non-ortho nitro benzene ring substituents is 1. The van der Waals surface area contributed by atoms with E-state index in [2.05, 4.69) is 10.4 Å². The Bertz CT molecular complexity index is 1220. The van der Waals surface area contributed by atoms with E-state index in [9.17, 15) is 14.9 Å². The van der Waals surface area contributed by atoms with E-state index in [1.165, 1.54) is 18.2 Å². The molecule has 8 nitrogen and oxygen atoms in total. The third-order valence-corrected chi connectivity index (χ3v) is 4.54. The maximum absolute atomic E-state index is 13.0. The minimum atomic E-state index is -0.501. The average Bonchev–Trinajstić information content (AvgIpc) is 3.17. The number of carbonyl (C=O) groups is 1. The number of nitrogens with zero attached hydrogens (tertiary/aromatic N) is 4. The molecule has 0 spiro atoms. The van der Waals surface area contributed by atoms with Crippen molar-refractivity contribution < 1.29 is 9.72 Å². The molecule has 1 amide bonds. The van der Waals surface area contributed by atoms with Crippen molar-refractivity contribution in [3.63, 3.8) is 0 Å². The molecule has 0 aliphatic carbocycles. The summed E-state index contributed by atoms with van der Waals surface area (Å²) < 4.78 is 1.73. The zero-order valence-corrected chi connectivity index (χ0v) is 15.6. The summed E-state index contributed by atoms with van der Waals surface area (Å²) in [6.45, 7) is 2.56. The lowest BCUT2D eigenvalue weighted by Gasteiger charge is -2.09. The van der Waals surface area contributed by atoms with Crippen LogP contribution in [0.4, 0.5) is 11.4 Å². The van der Waals surface area contributed by atoms with Crippen molar-refractivity contribution in [2.45, 2.75) is 13.5 Å². The van der Waals surface area contributed by atoms with Crippen molar-refractivity contribution in [2.75, 3.05) is 5.32 Å². The first-order chi connectivity index (χ1) is 14.1. The number of nitro benzene ring substituents is 1. The number of rotatable bonds is 5. The maximum Gasteiger partial charge on any atom is 0.271 e. The van der Waals surface area contributed by atoms with Crippen LogP contribution in [0.1, 0.15) is 17.3 Å². The Morgan fingerprint density at radius 3 is 2.66 bits per heavy atom. The van der Waals surface area contributed by atoms with Crippen molar-refractivity contribution in [1.29, 1.82) is 0 Å². The van der Waals surface area contributed by atoms with Crippen LogP contribution in [0.15, 0.2) is 66.9 Å². The van der Waals surface area contributed by atoms with Crippen molar-refractivity contribution in [3.8, 4) is 11.3 Å². The van der Waals surface area contributed by atoms with Crippen LogP contribution in [-0.2, 0) is 6.54 Å². The van der Waals surface area contributed by atoms with E-state index in [4.69, 9.17) is 4.98 Å². The summed E-state index contributed by atoms with van der Waals surface area (Å²) in [6.07, 6.45) is 1.61. The van der Waals surface area contributed by atoms with Gasteiger partial charge in [-0.2, -0.15) is 5.10 Å². The van der Waals surface area contributed by atoms with Crippen LogP contribution in [-0.4, -0.2) is 25.6 Å². The zero-order chi connectivity index (χ0) is 20.4. The first-order valence-electron chi connectivity index (χ1n) is 9.04. The molecule has 8 heteroatoms. The average molecular weight is 387 g/mol. The van der Waals surface area contributed by atoms with Gasteiger partial charge in [-0.15, -0.1) is 0 Å². The number of pyridine rings is 1. The Morgan fingerprint density at radius 1 is 1.14 bits per heavy atom. The van der Waals surface area contributed by atoms with E-state index >= 15 is 0 Å². The molecule has 144 valence electrons. The highest BCUT2D eigenvalue weighted by Gasteiger charge is 2.18. The molecule has 0 saturated heterocycles. The van der Waals surface area contributed by atoms with Gasteiger partial charge in [0.05, 0.1) is 27.8 Å². The number of aryl methyl sites for hydroxylation is 1. The molecular weight excluding hydrogens is 370 g/mol. The SMILES string of the molecule is CCn1ncc2c(C(=O)Nc3cccc([N+](=O)[O-])c3)cc(-c3ccccc3)nc21. The third kappa shape index (κ3) is 3.55. The van der Waals surface area contributed by atoms with Crippen LogP contribution >= 0.6 is 0 Å². The Labute approximate surface area is 166 Å². The summed E-state index contributed by atoms with van der Waals surface area (Å²) in [5.41, 5.74) is 2.79. The van der Waals surface area contributed by atoms with Gasteiger partial charge in [-0.1, -0.05) is 36.4 Å². The molecule has 4 rings (SSSR count). The monoisotopic (exact) mass is 387 g/mol. The largest absolute Gasteiger partial charge is 0.322 e. The molecule has 0 unspecified atom stereocenters. The summed E-state index contributed by atoms with van der Waals surface area (Å²) in [7, 11) is 0. The number of hydrogen-bond acceptors (Lipinski definition) is 5. The summed E-state index contributed by atoms with van der Waals surface area (Å²) in [5, 5.41) is 18.7. The summed E-state index contributed by atoms with van der Waals surface area (Å²) in [6, 6.07) is 17.1. The Morgan fingerprint density at radius 2 is 1.93 bits per heavy atom. The molecule has 2 heterocycles. The lowest BCUT2D eigenvalue weighted by atomic mass is 10.1. The molecule has 0 aliphatic heterocycles. The van der Waals surface area contributed by atoms with Crippen LogP contribution in [0.2, 0.25) is 0 Å². The predicted molar refractivity (Wildman–Crippen MR) is 110 cm³/mol. The van der Waals surface area contributed by atoms with Crippen molar-refractivity contribution in [3.05, 3.63) is 82.5 Å². The van der Waals surface area contributed by atoms with Crippen molar-refractivity contribution >= 4 is 28.3 Å². The molecule has 1 N–H and O–H groups in total. The van der Waals surface area contributed by atoms with Gasteiger partial charge in [0.15, 0.2) is 5.65 Å². The molecular formula is C21H17N5O3. The van der Waals surface area contributed by atoms with Crippen molar-refractivity contribution in [2.24, 2.45) is 0 Å². The molecule has 0 radical (unpaired) electrons. The number of fused-ring (bicyclic) bond motifs is 1. The molecule has 0 saturated carbocycles. The number of benzene rings is 2. The highest BCUT2D eigenvalue weighted by atomic mass is 16.6. The molecule has 4 aromatic rings. The van der Waals surface area contributed by atoms with E-state index < -0.39 is 4.92 Å². The molecule has 0 aliphatic rings. The first kappa shape index (κ1) is 18.3. The molecule has 0 bridgehead atoms. The predicted octanol–water partition coefficient (Wildman–Crippen LogP) is 4.28. The fourth-order valence-corrected chi connectivity index (χ4v) is 3.12. The minimum absolute atomic E-state index is 0.0912. The number of nitrogens with one attached hydrogen (secondary N) is 1. The topological polar surface area (TPSA) is 103 Å². The number of hydrogen-bond donors (Lipinski definition) is 1. The van der Waals surface area contributed by atoms with E-state index in [0.29, 0.717) is 34.5 Å². The number of amides is 1. The molecule has 2 aromatic heterocycles. The highest BCUT2D eigenvalue weighted by molar-refractivity contribution is 6.12. The van der Waals surface area contributed by atoms with Crippen LogP contribution < -0.4 is 5.32 Å². The first-order valence-corrected chi connectivity index (χ1v) is 9.04. The van der Waals surface area contributed by atoms with Gasteiger partial charge in [-0.05, 0) is 19.1 Å². The molecule has 2 aromatic carbocycles. The quantitative estimate of drug-likeness (QED) is 0.407. The van der Waals surface area contributed by atoms with Crippen molar-refractivity contribution in [1.82, 2.24) is 14.8 Å². The van der Waals surface area contributed by atoms with E-state index in [1.54, 1.807) is 23.0 Å². The van der Waals surface area contributed by atoms with Gasteiger partial charge in [0.1, 0.15) is 0 Å². The summed E-state index contributed by atoms with van der Waals surface area (Å²) >= 11 is 0. The number of nitro groups is 1. The van der Waals surface area contributed by atoms with E-state index in [-0.39, 0.29) is 11.6 Å². The highest BCUT2D eigenvalue weighted by Crippen LogP contribution is 2.26. The van der Waals surface area contributed by atoms with Gasteiger partial charge in [0, 0.05) is 29.9 Å². The van der Waals surface area contributed by atoms with Crippen LogP contribution in [0, 0.1) is 10.1 Å². The second-order valence-electron chi connectivity index (χ2n) is 6.38. The van der Waals surface area contributed by atoms with Gasteiger partial charge < -0.3 is 5.32 Å². The Hall–Kier alpha value is -4.07. The van der Waals surface area contributed by atoms with Gasteiger partial charge in [-0.3, -0.25) is 14.9 Å². The lowest BCUT2D eigenvalue weighted by molar-refractivity contribution is -0.384. The molecule has 0 fully saturated rings.